The second-order valence-corrected chi connectivity index (χ2v) is 3.66. The fourth-order valence-electron chi connectivity index (χ4n) is 0.785. The van der Waals surface area contributed by atoms with Crippen molar-refractivity contribution in [2.24, 2.45) is 4.99 Å². The number of nitrogens with zero attached hydrogens (tertiary/aromatic N) is 1. The summed E-state index contributed by atoms with van der Waals surface area (Å²) < 4.78 is 1.07. The summed E-state index contributed by atoms with van der Waals surface area (Å²) in [6.45, 7) is 0. The summed E-state index contributed by atoms with van der Waals surface area (Å²) in [5.74, 6) is 0. The summed E-state index contributed by atoms with van der Waals surface area (Å²) in [7, 11) is 0. The summed E-state index contributed by atoms with van der Waals surface area (Å²) in [5, 5.41) is 0. The van der Waals surface area contributed by atoms with Crippen LogP contribution in [0.1, 0.15) is 0 Å². The Morgan fingerprint density at radius 1 is 1.50 bits per heavy atom. The van der Waals surface area contributed by atoms with E-state index in [-0.39, 0.29) is 0 Å². The van der Waals surface area contributed by atoms with Crippen molar-refractivity contribution in [1.82, 2.24) is 0 Å². The van der Waals surface area contributed by atoms with Crippen molar-refractivity contribution < 1.29 is 0 Å². The van der Waals surface area contributed by atoms with Gasteiger partial charge in [-0.1, -0.05) is 0 Å². The van der Waals surface area contributed by atoms with E-state index in [1.54, 1.807) is 0 Å². The van der Waals surface area contributed by atoms with E-state index in [0.29, 0.717) is 0 Å². The molecule has 1 nitrogen and oxygen atoms in total. The molecule has 48 valence electrons. The van der Waals surface area contributed by atoms with Gasteiger partial charge in [-0.25, -0.2) is 0 Å². The van der Waals surface area contributed by atoms with E-state index in [0.717, 1.165) is 10.2 Å². The van der Waals surface area contributed by atoms with Gasteiger partial charge in [0.05, 0.1) is 6.07 Å². The summed E-state index contributed by atoms with van der Waals surface area (Å²) in [6, 6.07) is 6.03. The lowest BCUT2D eigenvalue weighted by molar-refractivity contribution is 1.40. The first kappa shape index (κ1) is 6.35. The molecule has 0 spiro atoms. The maximum absolute atomic E-state index is 4.04. The number of aliphatic imine (C=N–C) groups is 1. The van der Waals surface area contributed by atoms with E-state index in [9.17, 15) is 0 Å². The van der Waals surface area contributed by atoms with E-state index < -0.39 is 0 Å². The van der Waals surface area contributed by atoms with Crippen molar-refractivity contribution in [1.29, 1.82) is 0 Å². The van der Waals surface area contributed by atoms with Crippen molar-refractivity contribution in [3.63, 3.8) is 0 Å². The van der Waals surface area contributed by atoms with Gasteiger partial charge in [0.15, 0.2) is 4.90 Å². The van der Waals surface area contributed by atoms with Crippen LogP contribution in [0.4, 0.5) is 5.69 Å². The van der Waals surface area contributed by atoms with Crippen molar-refractivity contribution >= 4 is 38.9 Å². The van der Waals surface area contributed by atoms with E-state index in [1.807, 2.05) is 18.2 Å². The van der Waals surface area contributed by atoms with Crippen LogP contribution in [0.2, 0.25) is 0 Å². The third kappa shape index (κ3) is 0.966. The first-order valence-corrected chi connectivity index (χ1v) is 4.39. The fourth-order valence-corrected chi connectivity index (χ4v) is 1.72. The highest BCUT2D eigenvalue weighted by atomic mass is 79.9. The van der Waals surface area contributed by atoms with Crippen LogP contribution in [-0.4, -0.2) is 5.55 Å². The van der Waals surface area contributed by atoms with Gasteiger partial charge in [-0.15, -0.1) is 0 Å². The highest BCUT2D eigenvalue weighted by Crippen LogP contribution is 2.35. The Labute approximate surface area is 71.7 Å². The molecule has 0 unspecified atom stereocenters. The van der Waals surface area contributed by atoms with Gasteiger partial charge in [0, 0.05) is 9.47 Å². The summed E-state index contributed by atoms with van der Waals surface area (Å²) >= 11 is 4.91. The van der Waals surface area contributed by atoms with Gasteiger partial charge >= 0.3 is 0 Å². The molecule has 0 bridgehead atoms. The summed E-state index contributed by atoms with van der Waals surface area (Å²) in [5.41, 5.74) is 3.85. The minimum Gasteiger partial charge on any atom is -0.0488 e. The molecule has 0 saturated heterocycles. The Morgan fingerprint density at radius 2 is 2.40 bits per heavy atom. The van der Waals surface area contributed by atoms with Gasteiger partial charge in [0.25, 0.3) is 5.55 Å². The molecule has 1 aliphatic heterocycles. The zero-order valence-corrected chi connectivity index (χ0v) is 7.37. The zero-order valence-electron chi connectivity index (χ0n) is 4.97. The minimum absolute atomic E-state index is 1.01. The van der Waals surface area contributed by atoms with Crippen LogP contribution in [-0.2, 0) is 0 Å². The minimum atomic E-state index is 1.01. The van der Waals surface area contributed by atoms with Crippen LogP contribution in [0.3, 0.4) is 0 Å². The van der Waals surface area contributed by atoms with Gasteiger partial charge in [-0.3, -0.25) is 0 Å². The zero-order chi connectivity index (χ0) is 6.97. The second kappa shape index (κ2) is 2.35. The monoisotopic (exact) mass is 212 g/mol. The van der Waals surface area contributed by atoms with Crippen LogP contribution in [0.25, 0.3) is 0 Å². The quantitative estimate of drug-likeness (QED) is 0.603. The molecule has 1 aromatic carbocycles. The van der Waals surface area contributed by atoms with Crippen LogP contribution < -0.4 is 0 Å². The van der Waals surface area contributed by atoms with E-state index in [1.165, 1.54) is 16.7 Å². The summed E-state index contributed by atoms with van der Waals surface area (Å²) in [4.78, 5) is 5.23. The lowest BCUT2D eigenvalue weighted by atomic mass is 10.3. The van der Waals surface area contributed by atoms with Gasteiger partial charge in [-0.05, 0) is 28.1 Å². The number of fused-ring (bicyclic) bond motifs is 1. The molecule has 3 heteroatoms. The molecule has 0 N–H and O–H groups in total. The lowest BCUT2D eigenvalue weighted by Crippen LogP contribution is -1.66. The molecule has 0 atom stereocenters. The van der Waals surface area contributed by atoms with E-state index in [4.69, 9.17) is 0 Å². The first-order chi connectivity index (χ1) is 4.86. The Hall–Kier alpha value is -0.370. The van der Waals surface area contributed by atoms with Gasteiger partial charge in [0.2, 0.25) is 5.69 Å². The third-order valence-electron chi connectivity index (χ3n) is 1.24. The molecule has 0 fully saturated rings. The number of hydrogen-bond acceptors (Lipinski definition) is 2. The molecule has 0 amide bonds. The first-order valence-electron chi connectivity index (χ1n) is 2.78. The predicted molar refractivity (Wildman–Crippen MR) is 47.1 cm³/mol. The molecule has 0 aromatic heterocycles. The standard InChI is InChI=1S/C7H3BrNS/c8-5-1-2-7-6(3-5)9-4-10-7/h1-3H/q+1. The molecular weight excluding hydrogens is 210 g/mol. The molecule has 1 heterocycles. The number of rotatable bonds is 0. The molecule has 2 rings (SSSR count). The summed E-state index contributed by atoms with van der Waals surface area (Å²) in [6.07, 6.45) is 0. The van der Waals surface area contributed by atoms with E-state index in [2.05, 4.69) is 26.5 Å². The smallest absolute Gasteiger partial charge is 0.0488 e. The van der Waals surface area contributed by atoms with Crippen LogP contribution in [0.5, 0.6) is 0 Å². The average molecular weight is 213 g/mol. The number of thioether (sulfide) groups is 1. The number of benzene rings is 1. The van der Waals surface area contributed by atoms with Crippen LogP contribution >= 0.6 is 27.7 Å². The molecular formula is C7H3BrNS+. The highest BCUT2D eigenvalue weighted by Gasteiger charge is 2.19. The fraction of sp³-hybridized carbons (Fsp3) is 0. The average Bonchev–Trinajstić information content (AvgIpc) is 2.33. The van der Waals surface area contributed by atoms with Crippen LogP contribution in [0.15, 0.2) is 32.6 Å². The maximum atomic E-state index is 4.04. The maximum Gasteiger partial charge on any atom is 0.272 e. The van der Waals surface area contributed by atoms with Crippen molar-refractivity contribution in [2.75, 3.05) is 0 Å². The van der Waals surface area contributed by atoms with Gasteiger partial charge in [-0.2, -0.15) is 0 Å². The molecule has 10 heavy (non-hydrogen) atoms. The lowest BCUT2D eigenvalue weighted by Gasteiger charge is -1.85. The Morgan fingerprint density at radius 3 is 3.30 bits per heavy atom. The van der Waals surface area contributed by atoms with E-state index >= 15 is 0 Å². The predicted octanol–water partition coefficient (Wildman–Crippen LogP) is 3.09. The highest BCUT2D eigenvalue weighted by molar-refractivity contribution is 9.10. The largest absolute Gasteiger partial charge is 0.272 e. The normalized spacial score (nSPS) is 12.9. The Bertz CT molecular complexity index is 296. The number of hydrogen-bond donors (Lipinski definition) is 0. The van der Waals surface area contributed by atoms with Crippen molar-refractivity contribution in [3.05, 3.63) is 22.7 Å². The Kier molecular flexibility index (Phi) is 1.49. The third-order valence-corrected chi connectivity index (χ3v) is 2.48. The molecule has 0 saturated carbocycles. The van der Waals surface area contributed by atoms with Crippen molar-refractivity contribution in [3.8, 4) is 0 Å². The second-order valence-electron chi connectivity index (χ2n) is 1.92. The van der Waals surface area contributed by atoms with Crippen molar-refractivity contribution in [2.45, 2.75) is 4.90 Å². The van der Waals surface area contributed by atoms with Gasteiger partial charge < -0.3 is 0 Å². The number of halogens is 1. The topological polar surface area (TPSA) is 12.4 Å². The van der Waals surface area contributed by atoms with Crippen LogP contribution in [0, 0.1) is 0 Å². The molecule has 0 aliphatic carbocycles. The molecule has 0 radical (unpaired) electrons. The molecule has 1 aliphatic rings. The van der Waals surface area contributed by atoms with Gasteiger partial charge in [0.1, 0.15) is 11.8 Å². The Balaban J connectivity index is 2.60. The molecule has 1 aromatic rings. The SMILES string of the molecule is Brc1ccc2c(c1)N=[C+]S2.